The van der Waals surface area contributed by atoms with Crippen LogP contribution in [0.25, 0.3) is 0 Å². The van der Waals surface area contributed by atoms with Gasteiger partial charge in [-0.3, -0.25) is 4.18 Å². The van der Waals surface area contributed by atoms with Crippen molar-refractivity contribution in [2.45, 2.75) is 130 Å². The molecule has 0 unspecified atom stereocenters. The van der Waals surface area contributed by atoms with Gasteiger partial charge in [0, 0.05) is 11.0 Å². The van der Waals surface area contributed by atoms with E-state index in [2.05, 4.69) is 59.9 Å². The molecule has 0 bridgehead atoms. The summed E-state index contributed by atoms with van der Waals surface area (Å²) in [6.45, 7) is 21.1. The molecule has 1 aliphatic heterocycles. The lowest BCUT2D eigenvalue weighted by Crippen LogP contribution is -2.64. The lowest BCUT2D eigenvalue weighted by molar-refractivity contribution is -0.160. The van der Waals surface area contributed by atoms with E-state index >= 15 is 0 Å². The summed E-state index contributed by atoms with van der Waals surface area (Å²) in [4.78, 5) is 0.274. The van der Waals surface area contributed by atoms with Crippen molar-refractivity contribution in [3.8, 4) is 0 Å². The van der Waals surface area contributed by atoms with E-state index in [1.54, 1.807) is 17.7 Å². The van der Waals surface area contributed by atoms with Crippen molar-refractivity contribution in [2.24, 2.45) is 44.8 Å². The highest BCUT2D eigenvalue weighted by atomic mass is 32.2. The Hall–Kier alpha value is -1.17. The van der Waals surface area contributed by atoms with E-state index in [4.69, 9.17) is 4.18 Å². The van der Waals surface area contributed by atoms with Gasteiger partial charge < -0.3 is 5.32 Å². The zero-order chi connectivity index (χ0) is 30.4. The van der Waals surface area contributed by atoms with Crippen LogP contribution in [-0.2, 0) is 14.3 Å². The van der Waals surface area contributed by atoms with E-state index in [0.29, 0.717) is 29.8 Å². The maximum atomic E-state index is 13.4. The summed E-state index contributed by atoms with van der Waals surface area (Å²) in [6, 6.07) is 7.09. The highest BCUT2D eigenvalue weighted by Crippen LogP contribution is 2.74. The van der Waals surface area contributed by atoms with Crippen molar-refractivity contribution < 1.29 is 12.6 Å². The lowest BCUT2D eigenvalue weighted by atomic mass is 9.35. The Balaban J connectivity index is 1.36. The average Bonchev–Trinajstić information content (AvgIpc) is 3.03. The van der Waals surface area contributed by atoms with Crippen molar-refractivity contribution in [1.29, 1.82) is 0 Å². The van der Waals surface area contributed by atoms with Crippen LogP contribution in [0, 0.1) is 51.8 Å². The molecule has 0 amide bonds. The first kappa shape index (κ1) is 30.8. The topological polar surface area (TPSA) is 55.4 Å². The molecule has 3 saturated carbocycles. The van der Waals surface area contributed by atoms with Crippen LogP contribution < -0.4 is 5.32 Å². The summed E-state index contributed by atoms with van der Waals surface area (Å²) >= 11 is 0. The Morgan fingerprint density at radius 3 is 2.29 bits per heavy atom. The number of allylic oxidation sites excluding steroid dienone is 2. The van der Waals surface area contributed by atoms with E-state index in [0.717, 1.165) is 44.2 Å². The highest BCUT2D eigenvalue weighted by Gasteiger charge is 2.67. The first-order chi connectivity index (χ1) is 19.5. The molecule has 0 aromatic heterocycles. The van der Waals surface area contributed by atoms with Crippen LogP contribution in [0.3, 0.4) is 0 Å². The third kappa shape index (κ3) is 4.61. The first-order valence-corrected chi connectivity index (χ1v) is 18.3. The standard InChI is InChI=1S/C37H57NO3S/c1-26-10-12-27(13-11-26)42(39,40)41-25-37-21-19-32(2,3)24-29(37)28-14-15-31-34(6)17-9-23-38-33(4,5)30(34)16-18-36(31,8)35(28,7)20-22-37/h10-14,29-31,38H,9,15-25H2,1-8H3/t29-,30-,31+,34-,35+,36+,37+/m0/s1. The van der Waals surface area contributed by atoms with Crippen LogP contribution in [0.2, 0.25) is 0 Å². The Kier molecular flexibility index (Phi) is 7.28. The third-order valence-electron chi connectivity index (χ3n) is 14.2. The van der Waals surface area contributed by atoms with Gasteiger partial charge in [0.2, 0.25) is 0 Å². The monoisotopic (exact) mass is 595 g/mol. The Morgan fingerprint density at radius 2 is 1.57 bits per heavy atom. The third-order valence-corrected chi connectivity index (χ3v) is 15.5. The number of hydrogen-bond acceptors (Lipinski definition) is 4. The van der Waals surface area contributed by atoms with Gasteiger partial charge in [-0.2, -0.15) is 8.42 Å². The van der Waals surface area contributed by atoms with Gasteiger partial charge in [0.15, 0.2) is 0 Å². The lowest BCUT2D eigenvalue weighted by Gasteiger charge is -2.70. The fraction of sp³-hybridized carbons (Fsp3) is 0.784. The summed E-state index contributed by atoms with van der Waals surface area (Å²) in [5.74, 6) is 1.75. The smallest absolute Gasteiger partial charge is 0.296 e. The van der Waals surface area contributed by atoms with E-state index in [9.17, 15) is 8.42 Å². The van der Waals surface area contributed by atoms with Crippen LogP contribution in [0.5, 0.6) is 0 Å². The van der Waals surface area contributed by atoms with Gasteiger partial charge in [0.1, 0.15) is 0 Å². The molecule has 1 N–H and O–H groups in total. The van der Waals surface area contributed by atoms with Gasteiger partial charge in [-0.15, -0.1) is 0 Å². The number of rotatable bonds is 4. The minimum absolute atomic E-state index is 0.114. The molecule has 7 atom stereocenters. The molecule has 5 heteroatoms. The predicted molar refractivity (Wildman–Crippen MR) is 172 cm³/mol. The summed E-state index contributed by atoms with van der Waals surface area (Å²) < 4.78 is 32.8. The van der Waals surface area contributed by atoms with Crippen LogP contribution >= 0.6 is 0 Å². The molecule has 1 heterocycles. The molecule has 5 aliphatic rings. The molecule has 0 spiro atoms. The zero-order valence-corrected chi connectivity index (χ0v) is 28.6. The molecule has 1 aromatic carbocycles. The van der Waals surface area contributed by atoms with Gasteiger partial charge in [-0.1, -0.05) is 64.0 Å². The van der Waals surface area contributed by atoms with Crippen molar-refractivity contribution in [3.63, 3.8) is 0 Å². The summed E-state index contributed by atoms with van der Waals surface area (Å²) in [6.07, 6.45) is 14.5. The van der Waals surface area contributed by atoms with Gasteiger partial charge in [0.25, 0.3) is 10.1 Å². The maximum Gasteiger partial charge on any atom is 0.296 e. The molecule has 4 aliphatic carbocycles. The predicted octanol–water partition coefficient (Wildman–Crippen LogP) is 8.84. The Morgan fingerprint density at radius 1 is 0.881 bits per heavy atom. The molecule has 4 fully saturated rings. The van der Waals surface area contributed by atoms with Gasteiger partial charge in [-0.25, -0.2) is 0 Å². The minimum atomic E-state index is -3.80. The second-order valence-corrected chi connectivity index (χ2v) is 19.0. The normalized spacial score (nSPS) is 42.7. The van der Waals surface area contributed by atoms with E-state index < -0.39 is 10.1 Å². The Bertz CT molecular complexity index is 1350. The van der Waals surface area contributed by atoms with Crippen LogP contribution in [-0.4, -0.2) is 27.1 Å². The molecular formula is C37H57NO3S. The minimum Gasteiger partial charge on any atom is -0.311 e. The highest BCUT2D eigenvalue weighted by molar-refractivity contribution is 7.86. The molecule has 0 radical (unpaired) electrons. The van der Waals surface area contributed by atoms with Crippen LogP contribution in [0.15, 0.2) is 40.8 Å². The molecule has 234 valence electrons. The van der Waals surface area contributed by atoms with E-state index in [1.807, 2.05) is 19.1 Å². The summed E-state index contributed by atoms with van der Waals surface area (Å²) in [7, 11) is -3.80. The number of fused-ring (bicyclic) bond motifs is 7. The van der Waals surface area contributed by atoms with Gasteiger partial charge in [-0.05, 0) is 143 Å². The largest absolute Gasteiger partial charge is 0.311 e. The van der Waals surface area contributed by atoms with Crippen molar-refractivity contribution in [2.75, 3.05) is 13.2 Å². The molecule has 42 heavy (non-hydrogen) atoms. The average molecular weight is 596 g/mol. The summed E-state index contributed by atoms with van der Waals surface area (Å²) in [5, 5.41) is 3.93. The molecular weight excluding hydrogens is 538 g/mol. The first-order valence-electron chi connectivity index (χ1n) is 16.9. The maximum absolute atomic E-state index is 13.4. The molecule has 1 aromatic rings. The fourth-order valence-electron chi connectivity index (χ4n) is 11.5. The number of aryl methyl sites for hydroxylation is 1. The molecule has 6 rings (SSSR count). The SMILES string of the molecule is Cc1ccc(S(=O)(=O)OC[C@]23CCC(C)(C)C[C@H]2C2=CC[C@@H]4[C@@]5(C)CCCNC(C)(C)[C@@H]5CC[C@@]4(C)[C@]2(C)CC3)cc1. The second kappa shape index (κ2) is 9.91. The number of benzene rings is 1. The van der Waals surface area contributed by atoms with Gasteiger partial charge in [0.05, 0.1) is 11.5 Å². The van der Waals surface area contributed by atoms with Crippen LogP contribution in [0.4, 0.5) is 0 Å². The van der Waals surface area contributed by atoms with Crippen molar-refractivity contribution >= 4 is 10.1 Å². The number of hydrogen-bond donors (Lipinski definition) is 1. The van der Waals surface area contributed by atoms with Gasteiger partial charge >= 0.3 is 0 Å². The molecule has 1 saturated heterocycles. The zero-order valence-electron chi connectivity index (χ0n) is 27.7. The Labute approximate surface area is 257 Å². The van der Waals surface area contributed by atoms with E-state index in [1.165, 1.54) is 32.1 Å². The fourth-order valence-corrected chi connectivity index (χ4v) is 12.5. The molecule has 4 nitrogen and oxygen atoms in total. The van der Waals surface area contributed by atoms with Crippen molar-refractivity contribution in [3.05, 3.63) is 41.5 Å². The summed E-state index contributed by atoms with van der Waals surface area (Å²) in [5.41, 5.74) is 3.75. The van der Waals surface area contributed by atoms with E-state index in [-0.39, 0.29) is 32.1 Å². The van der Waals surface area contributed by atoms with Crippen LogP contribution in [0.1, 0.15) is 118 Å². The van der Waals surface area contributed by atoms with Crippen molar-refractivity contribution in [1.82, 2.24) is 5.32 Å². The quantitative estimate of drug-likeness (QED) is 0.279. The number of nitrogens with one attached hydrogen (secondary N) is 1. The second-order valence-electron chi connectivity index (χ2n) is 17.4.